The number of amides is 1. The molecule has 2 aromatic rings. The van der Waals surface area contributed by atoms with Crippen molar-refractivity contribution in [3.05, 3.63) is 41.4 Å². The molecule has 8 heteroatoms. The van der Waals surface area contributed by atoms with Gasteiger partial charge in [-0.25, -0.2) is 13.4 Å². The standard InChI is InChI=1S/C12H13N3O3S2/c1-15(20(2,17)18)10-6-4-3-5-9(10)11(16)14-12-13-7-8-19-12/h3-8H,1-2H3,(H,13,14,16). The first kappa shape index (κ1) is 14.5. The van der Waals surface area contributed by atoms with Gasteiger partial charge in [0.05, 0.1) is 17.5 Å². The number of carbonyl (C=O) groups excluding carboxylic acids is 1. The lowest BCUT2D eigenvalue weighted by atomic mass is 10.1. The maximum absolute atomic E-state index is 12.2. The van der Waals surface area contributed by atoms with Gasteiger partial charge in [-0.2, -0.15) is 0 Å². The quantitative estimate of drug-likeness (QED) is 0.933. The highest BCUT2D eigenvalue weighted by atomic mass is 32.2. The molecule has 0 aliphatic rings. The Kier molecular flexibility index (Phi) is 4.05. The monoisotopic (exact) mass is 311 g/mol. The van der Waals surface area contributed by atoms with E-state index in [1.54, 1.807) is 35.8 Å². The minimum absolute atomic E-state index is 0.274. The van der Waals surface area contributed by atoms with Crippen molar-refractivity contribution in [3.8, 4) is 0 Å². The molecule has 1 aromatic carbocycles. The molecule has 1 N–H and O–H groups in total. The highest BCUT2D eigenvalue weighted by Crippen LogP contribution is 2.23. The van der Waals surface area contributed by atoms with Crippen LogP contribution in [0.4, 0.5) is 10.8 Å². The summed E-state index contributed by atoms with van der Waals surface area (Å²) in [4.78, 5) is 16.2. The summed E-state index contributed by atoms with van der Waals surface area (Å²) < 4.78 is 24.3. The normalized spacial score (nSPS) is 11.1. The van der Waals surface area contributed by atoms with E-state index in [0.29, 0.717) is 10.8 Å². The number of anilines is 2. The molecule has 0 saturated carbocycles. The van der Waals surface area contributed by atoms with Gasteiger partial charge in [-0.3, -0.25) is 14.4 Å². The number of hydrogen-bond acceptors (Lipinski definition) is 5. The first-order valence-corrected chi connectivity index (χ1v) is 8.36. The zero-order chi connectivity index (χ0) is 14.8. The largest absolute Gasteiger partial charge is 0.298 e. The van der Waals surface area contributed by atoms with Crippen LogP contribution >= 0.6 is 11.3 Å². The van der Waals surface area contributed by atoms with Gasteiger partial charge < -0.3 is 0 Å². The van der Waals surface area contributed by atoms with Gasteiger partial charge >= 0.3 is 0 Å². The SMILES string of the molecule is CN(c1ccccc1C(=O)Nc1nccs1)S(C)(=O)=O. The van der Waals surface area contributed by atoms with Crippen molar-refractivity contribution >= 4 is 38.1 Å². The number of benzene rings is 1. The number of nitrogens with one attached hydrogen (secondary N) is 1. The highest BCUT2D eigenvalue weighted by Gasteiger charge is 2.19. The first-order chi connectivity index (χ1) is 9.39. The van der Waals surface area contributed by atoms with Crippen LogP contribution in [0.1, 0.15) is 10.4 Å². The summed E-state index contributed by atoms with van der Waals surface area (Å²) in [5, 5.41) is 4.84. The number of carbonyl (C=O) groups is 1. The number of sulfonamides is 1. The Labute approximate surface area is 121 Å². The number of rotatable bonds is 4. The van der Waals surface area contributed by atoms with Crippen molar-refractivity contribution in [2.75, 3.05) is 22.9 Å². The Bertz CT molecular complexity index is 711. The summed E-state index contributed by atoms with van der Waals surface area (Å²) in [5.74, 6) is -0.397. The van der Waals surface area contributed by atoms with E-state index in [4.69, 9.17) is 0 Å². The smallest absolute Gasteiger partial charge is 0.259 e. The van der Waals surface area contributed by atoms with Gasteiger partial charge in [0.15, 0.2) is 5.13 Å². The van der Waals surface area contributed by atoms with Crippen LogP contribution in [0, 0.1) is 0 Å². The molecule has 0 bridgehead atoms. The van der Waals surface area contributed by atoms with Gasteiger partial charge in [0.25, 0.3) is 5.91 Å². The summed E-state index contributed by atoms with van der Waals surface area (Å²) in [5.41, 5.74) is 0.597. The molecule has 2 rings (SSSR count). The molecule has 0 spiro atoms. The lowest BCUT2D eigenvalue weighted by molar-refractivity contribution is 0.102. The van der Waals surface area contributed by atoms with Crippen LogP contribution in [0.2, 0.25) is 0 Å². The minimum Gasteiger partial charge on any atom is -0.298 e. The predicted molar refractivity (Wildman–Crippen MR) is 79.8 cm³/mol. The number of para-hydroxylation sites is 1. The van der Waals surface area contributed by atoms with E-state index in [1.165, 1.54) is 18.4 Å². The maximum Gasteiger partial charge on any atom is 0.259 e. The van der Waals surface area contributed by atoms with Gasteiger partial charge in [0, 0.05) is 18.6 Å². The van der Waals surface area contributed by atoms with Crippen LogP contribution in [0.15, 0.2) is 35.8 Å². The van der Waals surface area contributed by atoms with Crippen LogP contribution in [-0.4, -0.2) is 32.6 Å². The molecule has 1 amide bonds. The average molecular weight is 311 g/mol. The van der Waals surface area contributed by atoms with Crippen LogP contribution in [0.25, 0.3) is 0 Å². The summed E-state index contributed by atoms with van der Waals surface area (Å²) in [6.07, 6.45) is 2.66. The lowest BCUT2D eigenvalue weighted by Gasteiger charge is -2.19. The number of nitrogens with zero attached hydrogens (tertiary/aromatic N) is 2. The fourth-order valence-electron chi connectivity index (χ4n) is 1.57. The van der Waals surface area contributed by atoms with Crippen molar-refractivity contribution in [2.24, 2.45) is 0 Å². The molecule has 20 heavy (non-hydrogen) atoms. The van der Waals surface area contributed by atoms with Crippen molar-refractivity contribution in [1.82, 2.24) is 4.98 Å². The molecule has 0 radical (unpaired) electrons. The summed E-state index contributed by atoms with van der Waals surface area (Å²) >= 11 is 1.29. The van der Waals surface area contributed by atoms with Crippen LogP contribution in [0.5, 0.6) is 0 Å². The summed E-state index contributed by atoms with van der Waals surface area (Å²) in [7, 11) is -2.03. The molecule has 0 atom stereocenters. The minimum atomic E-state index is -3.43. The van der Waals surface area contributed by atoms with E-state index in [9.17, 15) is 13.2 Å². The fourth-order valence-corrected chi connectivity index (χ4v) is 2.61. The molecule has 1 aromatic heterocycles. The summed E-state index contributed by atoms with van der Waals surface area (Å²) in [6.45, 7) is 0. The van der Waals surface area contributed by atoms with Crippen molar-refractivity contribution in [2.45, 2.75) is 0 Å². The molecule has 106 valence electrons. The van der Waals surface area contributed by atoms with Gasteiger partial charge in [-0.1, -0.05) is 12.1 Å². The molecular formula is C12H13N3O3S2. The Morgan fingerprint density at radius 2 is 2.05 bits per heavy atom. The van der Waals surface area contributed by atoms with Crippen molar-refractivity contribution < 1.29 is 13.2 Å². The third-order valence-corrected chi connectivity index (χ3v) is 4.52. The third-order valence-electron chi connectivity index (χ3n) is 2.64. The first-order valence-electron chi connectivity index (χ1n) is 5.63. The Morgan fingerprint density at radius 1 is 1.35 bits per heavy atom. The van der Waals surface area contributed by atoms with Crippen LogP contribution in [-0.2, 0) is 10.0 Å². The Balaban J connectivity index is 2.35. The molecule has 6 nitrogen and oxygen atoms in total. The number of aromatic nitrogens is 1. The maximum atomic E-state index is 12.2. The lowest BCUT2D eigenvalue weighted by Crippen LogP contribution is -2.27. The third kappa shape index (κ3) is 3.14. The van der Waals surface area contributed by atoms with Crippen molar-refractivity contribution in [3.63, 3.8) is 0 Å². The number of thiazole rings is 1. The van der Waals surface area contributed by atoms with E-state index in [-0.39, 0.29) is 5.56 Å². The van der Waals surface area contributed by atoms with E-state index >= 15 is 0 Å². The average Bonchev–Trinajstić information content (AvgIpc) is 2.89. The molecule has 0 fully saturated rings. The predicted octanol–water partition coefficient (Wildman–Crippen LogP) is 1.79. The second-order valence-electron chi connectivity index (χ2n) is 4.04. The molecule has 0 aliphatic heterocycles. The Hall–Kier alpha value is -1.93. The zero-order valence-corrected chi connectivity index (χ0v) is 12.5. The fraction of sp³-hybridized carbons (Fsp3) is 0.167. The van der Waals surface area contributed by atoms with E-state index < -0.39 is 15.9 Å². The molecular weight excluding hydrogens is 298 g/mol. The van der Waals surface area contributed by atoms with E-state index in [2.05, 4.69) is 10.3 Å². The second kappa shape index (κ2) is 5.59. The Morgan fingerprint density at radius 3 is 2.65 bits per heavy atom. The van der Waals surface area contributed by atoms with Crippen LogP contribution in [0.3, 0.4) is 0 Å². The zero-order valence-electron chi connectivity index (χ0n) is 10.9. The van der Waals surface area contributed by atoms with Gasteiger partial charge in [-0.15, -0.1) is 11.3 Å². The van der Waals surface area contributed by atoms with Gasteiger partial charge in [-0.05, 0) is 12.1 Å². The van der Waals surface area contributed by atoms with Gasteiger partial charge in [0.1, 0.15) is 0 Å². The molecule has 0 unspecified atom stereocenters. The number of hydrogen-bond donors (Lipinski definition) is 1. The summed E-state index contributed by atoms with van der Waals surface area (Å²) in [6, 6.07) is 6.51. The molecule has 0 aliphatic carbocycles. The second-order valence-corrected chi connectivity index (χ2v) is 6.95. The van der Waals surface area contributed by atoms with Crippen molar-refractivity contribution in [1.29, 1.82) is 0 Å². The van der Waals surface area contributed by atoms with E-state index in [0.717, 1.165) is 10.6 Å². The topological polar surface area (TPSA) is 79.4 Å². The van der Waals surface area contributed by atoms with Crippen LogP contribution < -0.4 is 9.62 Å². The highest BCUT2D eigenvalue weighted by molar-refractivity contribution is 7.92. The molecule has 0 saturated heterocycles. The molecule has 1 heterocycles. The van der Waals surface area contributed by atoms with Gasteiger partial charge in [0.2, 0.25) is 10.0 Å². The van der Waals surface area contributed by atoms with E-state index in [1.807, 2.05) is 0 Å².